The summed E-state index contributed by atoms with van der Waals surface area (Å²) in [6.45, 7) is 4.24. The molecular formula is C16H17BrN2O. The molecule has 0 saturated heterocycles. The minimum absolute atomic E-state index is 0.0573. The van der Waals surface area contributed by atoms with Crippen molar-refractivity contribution in [2.45, 2.75) is 20.4 Å². The summed E-state index contributed by atoms with van der Waals surface area (Å²) in [4.78, 5) is 11.2. The van der Waals surface area contributed by atoms with E-state index < -0.39 is 0 Å². The molecule has 2 aromatic rings. The molecule has 0 heterocycles. The van der Waals surface area contributed by atoms with Gasteiger partial charge in [0.15, 0.2) is 0 Å². The molecular weight excluding hydrogens is 316 g/mol. The minimum Gasteiger partial charge on any atom is -0.381 e. The van der Waals surface area contributed by atoms with Crippen LogP contribution in [0.3, 0.4) is 0 Å². The highest BCUT2D eigenvalue weighted by Gasteiger charge is 2.02. The standard InChI is InChI=1S/C16H17BrN2O/c1-11-3-8-15(9-16(11)19-12(2)20)18-10-13-4-6-14(17)7-5-13/h3-9,18H,10H2,1-2H3,(H,19,20). The maximum absolute atomic E-state index is 11.2. The number of nitrogens with one attached hydrogen (secondary N) is 2. The molecule has 1 amide bonds. The predicted octanol–water partition coefficient (Wildman–Crippen LogP) is 4.33. The molecule has 3 nitrogen and oxygen atoms in total. The summed E-state index contributed by atoms with van der Waals surface area (Å²) in [6, 6.07) is 14.1. The van der Waals surface area contributed by atoms with Crippen LogP contribution in [0.15, 0.2) is 46.9 Å². The lowest BCUT2D eigenvalue weighted by molar-refractivity contribution is -0.114. The predicted molar refractivity (Wildman–Crippen MR) is 87.0 cm³/mol. The molecule has 104 valence electrons. The number of rotatable bonds is 4. The van der Waals surface area contributed by atoms with Crippen LogP contribution in [0.1, 0.15) is 18.1 Å². The molecule has 2 N–H and O–H groups in total. The lowest BCUT2D eigenvalue weighted by atomic mass is 10.1. The molecule has 0 saturated carbocycles. The highest BCUT2D eigenvalue weighted by atomic mass is 79.9. The fourth-order valence-electron chi connectivity index (χ4n) is 1.86. The van der Waals surface area contributed by atoms with E-state index in [0.29, 0.717) is 0 Å². The van der Waals surface area contributed by atoms with Crippen molar-refractivity contribution in [1.82, 2.24) is 0 Å². The van der Waals surface area contributed by atoms with Gasteiger partial charge in [0.05, 0.1) is 0 Å². The molecule has 0 bridgehead atoms. The highest BCUT2D eigenvalue weighted by molar-refractivity contribution is 9.10. The first-order chi connectivity index (χ1) is 9.54. The molecule has 2 aromatic carbocycles. The van der Waals surface area contributed by atoms with Crippen LogP contribution < -0.4 is 10.6 Å². The van der Waals surface area contributed by atoms with E-state index in [-0.39, 0.29) is 5.91 Å². The summed E-state index contributed by atoms with van der Waals surface area (Å²) in [6.07, 6.45) is 0. The van der Waals surface area contributed by atoms with Crippen LogP contribution in [0.25, 0.3) is 0 Å². The van der Waals surface area contributed by atoms with Crippen LogP contribution >= 0.6 is 15.9 Å². The number of amides is 1. The Labute approximate surface area is 127 Å². The van der Waals surface area contributed by atoms with Gasteiger partial charge in [0.1, 0.15) is 0 Å². The van der Waals surface area contributed by atoms with Gasteiger partial charge in [0, 0.05) is 29.3 Å². The van der Waals surface area contributed by atoms with Crippen LogP contribution in [0.4, 0.5) is 11.4 Å². The molecule has 2 rings (SSSR count). The number of anilines is 2. The molecule has 4 heteroatoms. The molecule has 0 atom stereocenters. The summed E-state index contributed by atoms with van der Waals surface area (Å²) in [5.41, 5.74) is 4.09. The van der Waals surface area contributed by atoms with Crippen LogP contribution in [0, 0.1) is 6.92 Å². The third-order valence-electron chi connectivity index (χ3n) is 2.96. The number of hydrogen-bond donors (Lipinski definition) is 2. The van der Waals surface area contributed by atoms with Gasteiger partial charge in [0.2, 0.25) is 5.91 Å². The molecule has 0 unspecified atom stereocenters. The topological polar surface area (TPSA) is 41.1 Å². The van der Waals surface area contributed by atoms with E-state index in [4.69, 9.17) is 0 Å². The summed E-state index contributed by atoms with van der Waals surface area (Å²) >= 11 is 3.42. The molecule has 0 aliphatic heterocycles. The monoisotopic (exact) mass is 332 g/mol. The van der Waals surface area contributed by atoms with Crippen LogP contribution in [-0.4, -0.2) is 5.91 Å². The van der Waals surface area contributed by atoms with Gasteiger partial charge in [-0.2, -0.15) is 0 Å². The quantitative estimate of drug-likeness (QED) is 0.874. The Morgan fingerprint density at radius 1 is 1.15 bits per heavy atom. The Bertz CT molecular complexity index is 608. The van der Waals surface area contributed by atoms with E-state index >= 15 is 0 Å². The Kier molecular flexibility index (Phi) is 4.79. The summed E-state index contributed by atoms with van der Waals surface area (Å²) in [5, 5.41) is 6.19. The average Bonchev–Trinajstić information content (AvgIpc) is 2.41. The van der Waals surface area contributed by atoms with E-state index in [1.807, 2.05) is 37.3 Å². The molecule has 0 fully saturated rings. The van der Waals surface area contributed by atoms with Gasteiger partial charge in [0.25, 0.3) is 0 Å². The summed E-state index contributed by atoms with van der Waals surface area (Å²) in [5.74, 6) is -0.0573. The molecule has 0 spiro atoms. The van der Waals surface area contributed by atoms with Gasteiger partial charge in [-0.1, -0.05) is 34.1 Å². The van der Waals surface area contributed by atoms with Crippen LogP contribution in [0.5, 0.6) is 0 Å². The molecule has 0 radical (unpaired) electrons. The van der Waals surface area contributed by atoms with E-state index in [2.05, 4.69) is 38.7 Å². The summed E-state index contributed by atoms with van der Waals surface area (Å²) in [7, 11) is 0. The number of aryl methyl sites for hydroxylation is 1. The Balaban J connectivity index is 2.06. The van der Waals surface area contributed by atoms with Gasteiger partial charge >= 0.3 is 0 Å². The number of hydrogen-bond acceptors (Lipinski definition) is 2. The van der Waals surface area contributed by atoms with E-state index in [0.717, 1.165) is 28.0 Å². The van der Waals surface area contributed by atoms with Crippen LogP contribution in [-0.2, 0) is 11.3 Å². The fraction of sp³-hybridized carbons (Fsp3) is 0.188. The lowest BCUT2D eigenvalue weighted by Gasteiger charge is -2.11. The van der Waals surface area contributed by atoms with Crippen molar-refractivity contribution in [2.75, 3.05) is 10.6 Å². The molecule has 0 aromatic heterocycles. The largest absolute Gasteiger partial charge is 0.381 e. The van der Waals surface area contributed by atoms with Gasteiger partial charge in [-0.05, 0) is 42.3 Å². The number of carbonyl (C=O) groups excluding carboxylic acids is 1. The Morgan fingerprint density at radius 3 is 2.50 bits per heavy atom. The highest BCUT2D eigenvalue weighted by Crippen LogP contribution is 2.21. The first kappa shape index (κ1) is 14.6. The zero-order valence-corrected chi connectivity index (χ0v) is 13.1. The second kappa shape index (κ2) is 6.57. The fourth-order valence-corrected chi connectivity index (χ4v) is 2.13. The second-order valence-electron chi connectivity index (χ2n) is 4.69. The van der Waals surface area contributed by atoms with Gasteiger partial charge < -0.3 is 10.6 Å². The first-order valence-electron chi connectivity index (χ1n) is 6.41. The smallest absolute Gasteiger partial charge is 0.221 e. The average molecular weight is 333 g/mol. The number of halogens is 1. The van der Waals surface area contributed by atoms with Crippen molar-refractivity contribution >= 4 is 33.2 Å². The number of carbonyl (C=O) groups is 1. The maximum atomic E-state index is 11.2. The maximum Gasteiger partial charge on any atom is 0.221 e. The minimum atomic E-state index is -0.0573. The van der Waals surface area contributed by atoms with Gasteiger partial charge in [-0.3, -0.25) is 4.79 Å². The molecule has 0 aliphatic rings. The van der Waals surface area contributed by atoms with Crippen LogP contribution in [0.2, 0.25) is 0 Å². The lowest BCUT2D eigenvalue weighted by Crippen LogP contribution is -2.08. The normalized spacial score (nSPS) is 10.2. The third-order valence-corrected chi connectivity index (χ3v) is 3.49. The summed E-state index contributed by atoms with van der Waals surface area (Å²) < 4.78 is 1.07. The van der Waals surface area contributed by atoms with E-state index in [1.165, 1.54) is 12.5 Å². The van der Waals surface area contributed by atoms with Crippen molar-refractivity contribution in [3.05, 3.63) is 58.1 Å². The Morgan fingerprint density at radius 2 is 1.85 bits per heavy atom. The second-order valence-corrected chi connectivity index (χ2v) is 5.61. The van der Waals surface area contributed by atoms with Gasteiger partial charge in [-0.15, -0.1) is 0 Å². The van der Waals surface area contributed by atoms with E-state index in [9.17, 15) is 4.79 Å². The first-order valence-corrected chi connectivity index (χ1v) is 7.20. The van der Waals surface area contributed by atoms with Crippen molar-refractivity contribution in [2.24, 2.45) is 0 Å². The van der Waals surface area contributed by atoms with Crippen molar-refractivity contribution in [1.29, 1.82) is 0 Å². The van der Waals surface area contributed by atoms with Crippen molar-refractivity contribution in [3.8, 4) is 0 Å². The molecule has 20 heavy (non-hydrogen) atoms. The van der Waals surface area contributed by atoms with Crippen molar-refractivity contribution < 1.29 is 4.79 Å². The zero-order valence-electron chi connectivity index (χ0n) is 11.5. The van der Waals surface area contributed by atoms with Crippen molar-refractivity contribution in [3.63, 3.8) is 0 Å². The van der Waals surface area contributed by atoms with E-state index in [1.54, 1.807) is 0 Å². The Hall–Kier alpha value is -1.81. The van der Waals surface area contributed by atoms with Gasteiger partial charge in [-0.25, -0.2) is 0 Å². The SMILES string of the molecule is CC(=O)Nc1cc(NCc2ccc(Br)cc2)ccc1C. The molecule has 0 aliphatic carbocycles. The zero-order chi connectivity index (χ0) is 14.5. The number of benzene rings is 2. The third kappa shape index (κ3) is 4.10.